The SMILES string of the molecule is CC(C)(C)C(=O)CC(=O)C(C)(C)C.[Eu+3]. The van der Waals surface area contributed by atoms with Gasteiger partial charge >= 0.3 is 49.4 Å². The molecule has 14 heavy (non-hydrogen) atoms. The Morgan fingerprint density at radius 2 is 1.00 bits per heavy atom. The Kier molecular flexibility index (Phi) is 7.25. The first-order valence-electron chi connectivity index (χ1n) is 4.62. The molecule has 0 fully saturated rings. The molecule has 0 aromatic heterocycles. The molecule has 0 bridgehead atoms. The van der Waals surface area contributed by atoms with Crippen molar-refractivity contribution in [2.75, 3.05) is 0 Å². The van der Waals surface area contributed by atoms with Crippen molar-refractivity contribution < 1.29 is 59.0 Å². The summed E-state index contributed by atoms with van der Waals surface area (Å²) >= 11 is 0. The molecular formula is C11H20EuO2+3. The molecule has 0 unspecified atom stereocenters. The van der Waals surface area contributed by atoms with E-state index in [-0.39, 0.29) is 67.4 Å². The molecule has 0 amide bonds. The summed E-state index contributed by atoms with van der Waals surface area (Å²) < 4.78 is 0. The van der Waals surface area contributed by atoms with E-state index in [1.54, 1.807) is 0 Å². The Labute approximate surface area is 128 Å². The van der Waals surface area contributed by atoms with Crippen LogP contribution in [-0.2, 0) is 9.59 Å². The Bertz CT molecular complexity index is 194. The first-order chi connectivity index (χ1) is 5.55. The molecule has 2 nitrogen and oxygen atoms in total. The fraction of sp³-hybridized carbons (Fsp3) is 0.818. The molecule has 0 saturated heterocycles. The number of carbonyl (C=O) groups is 2. The number of hydrogen-bond donors (Lipinski definition) is 0. The molecule has 0 saturated carbocycles. The normalized spacial score (nSPS) is 11.9. The fourth-order valence-electron chi connectivity index (χ4n) is 0.676. The maximum Gasteiger partial charge on any atom is 3.00 e. The standard InChI is InChI=1S/C11H20O2.Eu/c1-10(2,3)8(12)7-9(13)11(4,5)6;/h7H2,1-6H3;/q;+3. The van der Waals surface area contributed by atoms with Gasteiger partial charge in [0, 0.05) is 10.8 Å². The fourth-order valence-corrected chi connectivity index (χ4v) is 0.676. The van der Waals surface area contributed by atoms with Gasteiger partial charge in [-0.05, 0) is 0 Å². The predicted molar refractivity (Wildman–Crippen MR) is 53.5 cm³/mol. The summed E-state index contributed by atoms with van der Waals surface area (Å²) in [5, 5.41) is 0. The van der Waals surface area contributed by atoms with Crippen molar-refractivity contribution in [3.05, 3.63) is 0 Å². The number of rotatable bonds is 2. The number of hydrogen-bond acceptors (Lipinski definition) is 2. The van der Waals surface area contributed by atoms with Gasteiger partial charge in [0.1, 0.15) is 11.6 Å². The second-order valence-electron chi connectivity index (χ2n) is 5.52. The maximum atomic E-state index is 11.5. The Hall–Kier alpha value is 0.924. The van der Waals surface area contributed by atoms with E-state index in [2.05, 4.69) is 0 Å². The molecule has 3 heteroatoms. The van der Waals surface area contributed by atoms with Crippen LogP contribution in [0.4, 0.5) is 0 Å². The molecule has 0 aliphatic heterocycles. The van der Waals surface area contributed by atoms with Gasteiger partial charge in [-0.2, -0.15) is 0 Å². The molecule has 0 N–H and O–H groups in total. The molecule has 0 atom stereocenters. The monoisotopic (exact) mass is 337 g/mol. The van der Waals surface area contributed by atoms with Crippen molar-refractivity contribution in [3.63, 3.8) is 0 Å². The molecule has 0 radical (unpaired) electrons. The van der Waals surface area contributed by atoms with Crippen LogP contribution in [-0.4, -0.2) is 11.6 Å². The third-order valence-electron chi connectivity index (χ3n) is 1.99. The van der Waals surface area contributed by atoms with Gasteiger partial charge in [0.25, 0.3) is 0 Å². The first kappa shape index (κ1) is 17.3. The van der Waals surface area contributed by atoms with Crippen molar-refractivity contribution in [2.24, 2.45) is 10.8 Å². The summed E-state index contributed by atoms with van der Waals surface area (Å²) in [4.78, 5) is 23.0. The van der Waals surface area contributed by atoms with Crippen LogP contribution in [0.1, 0.15) is 48.0 Å². The molecule has 80 valence electrons. The van der Waals surface area contributed by atoms with Crippen LogP contribution in [0, 0.1) is 60.2 Å². The zero-order valence-electron chi connectivity index (χ0n) is 9.90. The largest absolute Gasteiger partial charge is 3.00 e. The van der Waals surface area contributed by atoms with E-state index < -0.39 is 10.8 Å². The third-order valence-corrected chi connectivity index (χ3v) is 1.99. The van der Waals surface area contributed by atoms with Gasteiger partial charge in [-0.25, -0.2) is 0 Å². The second kappa shape index (κ2) is 5.86. The van der Waals surface area contributed by atoms with Crippen LogP contribution in [0.2, 0.25) is 0 Å². The van der Waals surface area contributed by atoms with Crippen LogP contribution in [0.5, 0.6) is 0 Å². The van der Waals surface area contributed by atoms with E-state index in [9.17, 15) is 9.59 Å². The second-order valence-corrected chi connectivity index (χ2v) is 5.52. The smallest absolute Gasteiger partial charge is 0.299 e. The van der Waals surface area contributed by atoms with Gasteiger partial charge in [0.2, 0.25) is 0 Å². The van der Waals surface area contributed by atoms with E-state index in [1.807, 2.05) is 41.5 Å². The van der Waals surface area contributed by atoms with Gasteiger partial charge in [-0.15, -0.1) is 0 Å². The molecule has 0 rings (SSSR count). The maximum absolute atomic E-state index is 11.5. The number of carbonyl (C=O) groups excluding carboxylic acids is 2. The van der Waals surface area contributed by atoms with Crippen LogP contribution in [0.25, 0.3) is 0 Å². The quantitative estimate of drug-likeness (QED) is 0.727. The van der Waals surface area contributed by atoms with Crippen LogP contribution in [0.3, 0.4) is 0 Å². The average Bonchev–Trinajstić information content (AvgIpc) is 1.82. The predicted octanol–water partition coefficient (Wildman–Crippen LogP) is 2.61. The van der Waals surface area contributed by atoms with Gasteiger partial charge in [-0.1, -0.05) is 41.5 Å². The molecule has 0 heterocycles. The summed E-state index contributed by atoms with van der Waals surface area (Å²) in [6.45, 7) is 11.0. The van der Waals surface area contributed by atoms with Gasteiger partial charge in [0.15, 0.2) is 0 Å². The average molecular weight is 336 g/mol. The Balaban J connectivity index is 0. The van der Waals surface area contributed by atoms with Gasteiger partial charge < -0.3 is 0 Å². The summed E-state index contributed by atoms with van der Waals surface area (Å²) in [7, 11) is 0. The zero-order valence-corrected chi connectivity index (χ0v) is 12.3. The molecule has 0 aromatic carbocycles. The first-order valence-corrected chi connectivity index (χ1v) is 4.62. The molecule has 0 spiro atoms. The molecular weight excluding hydrogens is 316 g/mol. The number of ketones is 2. The van der Waals surface area contributed by atoms with E-state index in [4.69, 9.17) is 0 Å². The van der Waals surface area contributed by atoms with Crippen LogP contribution < -0.4 is 0 Å². The van der Waals surface area contributed by atoms with Crippen molar-refractivity contribution in [1.82, 2.24) is 0 Å². The van der Waals surface area contributed by atoms with Gasteiger partial charge in [-0.3, -0.25) is 9.59 Å². The van der Waals surface area contributed by atoms with Gasteiger partial charge in [0.05, 0.1) is 6.42 Å². The van der Waals surface area contributed by atoms with Crippen molar-refractivity contribution >= 4 is 11.6 Å². The van der Waals surface area contributed by atoms with E-state index in [0.29, 0.717) is 0 Å². The van der Waals surface area contributed by atoms with Crippen LogP contribution in [0.15, 0.2) is 0 Å². The minimum Gasteiger partial charge on any atom is -0.299 e. The minimum atomic E-state index is -0.402. The van der Waals surface area contributed by atoms with E-state index in [1.165, 1.54) is 0 Å². The van der Waals surface area contributed by atoms with E-state index in [0.717, 1.165) is 0 Å². The summed E-state index contributed by atoms with van der Waals surface area (Å²) in [6.07, 6.45) is 0.0625. The van der Waals surface area contributed by atoms with E-state index >= 15 is 0 Å². The minimum absolute atomic E-state index is 0. The topological polar surface area (TPSA) is 34.1 Å². The Morgan fingerprint density at radius 1 is 0.786 bits per heavy atom. The Morgan fingerprint density at radius 3 is 1.14 bits per heavy atom. The van der Waals surface area contributed by atoms with Crippen molar-refractivity contribution in [2.45, 2.75) is 48.0 Å². The van der Waals surface area contributed by atoms with Crippen molar-refractivity contribution in [1.29, 1.82) is 0 Å². The van der Waals surface area contributed by atoms with Crippen LogP contribution >= 0.6 is 0 Å². The molecule has 0 aliphatic rings. The van der Waals surface area contributed by atoms with Crippen molar-refractivity contribution in [3.8, 4) is 0 Å². The summed E-state index contributed by atoms with van der Waals surface area (Å²) in [5.41, 5.74) is -0.804. The number of Topliss-reactive ketones (excluding diaryl/α,β-unsaturated/α-hetero) is 2. The molecule has 0 aromatic rings. The summed E-state index contributed by atoms with van der Waals surface area (Å²) in [6, 6.07) is 0. The summed E-state index contributed by atoms with van der Waals surface area (Å²) in [5.74, 6) is 0.0415. The zero-order chi connectivity index (χ0) is 10.9. The third kappa shape index (κ3) is 6.42. The molecule has 0 aliphatic carbocycles.